The van der Waals surface area contributed by atoms with Gasteiger partial charge in [0.1, 0.15) is 11.9 Å². The molecule has 0 aromatic carbocycles. The molecule has 17 heavy (non-hydrogen) atoms. The lowest BCUT2D eigenvalue weighted by atomic mass is 10.0. The summed E-state index contributed by atoms with van der Waals surface area (Å²) in [5.74, 6) is 0.933. The van der Waals surface area contributed by atoms with E-state index in [1.807, 2.05) is 12.1 Å². The van der Waals surface area contributed by atoms with Crippen molar-refractivity contribution in [3.8, 4) is 0 Å². The number of aromatic nitrogens is 1. The number of amides is 1. The summed E-state index contributed by atoms with van der Waals surface area (Å²) in [7, 11) is 1.68. The number of pyridine rings is 1. The lowest BCUT2D eigenvalue weighted by Crippen LogP contribution is -2.49. The Balaban J connectivity index is 2.28. The Morgan fingerprint density at radius 1 is 1.59 bits per heavy atom. The summed E-state index contributed by atoms with van der Waals surface area (Å²) in [4.78, 5) is 18.3. The molecule has 1 fully saturated rings. The monoisotopic (exact) mass is 297 g/mol. The van der Waals surface area contributed by atoms with Crippen molar-refractivity contribution in [3.63, 3.8) is 0 Å². The van der Waals surface area contributed by atoms with E-state index in [9.17, 15) is 4.79 Å². The third kappa shape index (κ3) is 2.60. The van der Waals surface area contributed by atoms with Crippen LogP contribution in [-0.2, 0) is 4.79 Å². The molecule has 1 amide bonds. The highest BCUT2D eigenvalue weighted by molar-refractivity contribution is 9.10. The van der Waals surface area contributed by atoms with Crippen molar-refractivity contribution in [2.24, 2.45) is 0 Å². The molecule has 1 saturated heterocycles. The van der Waals surface area contributed by atoms with Crippen LogP contribution in [-0.4, -0.2) is 30.5 Å². The molecule has 0 saturated carbocycles. The molecule has 1 aromatic heterocycles. The van der Waals surface area contributed by atoms with Gasteiger partial charge in [-0.1, -0.05) is 0 Å². The molecule has 1 aliphatic rings. The molecule has 2 rings (SSSR count). The van der Waals surface area contributed by atoms with Crippen LogP contribution in [0, 0.1) is 0 Å². The maximum Gasteiger partial charge on any atom is 0.242 e. The quantitative estimate of drug-likeness (QED) is 0.907. The van der Waals surface area contributed by atoms with E-state index in [0.29, 0.717) is 0 Å². The highest BCUT2D eigenvalue weighted by Crippen LogP contribution is 2.29. The molecule has 1 unspecified atom stereocenters. The summed E-state index contributed by atoms with van der Waals surface area (Å²) >= 11 is 3.49. The van der Waals surface area contributed by atoms with Crippen molar-refractivity contribution in [3.05, 3.63) is 22.8 Å². The van der Waals surface area contributed by atoms with Gasteiger partial charge in [-0.15, -0.1) is 0 Å². The Bertz CT molecular complexity index is 410. The maximum absolute atomic E-state index is 11.9. The Labute approximate surface area is 110 Å². The fourth-order valence-corrected chi connectivity index (χ4v) is 2.70. The summed E-state index contributed by atoms with van der Waals surface area (Å²) in [6.07, 6.45) is 4.86. The number of nitrogens with zero attached hydrogens (tertiary/aromatic N) is 2. The first-order chi connectivity index (χ1) is 8.24. The Kier molecular flexibility index (Phi) is 3.99. The van der Waals surface area contributed by atoms with Crippen LogP contribution in [0.4, 0.5) is 5.82 Å². The van der Waals surface area contributed by atoms with Crippen LogP contribution in [0.5, 0.6) is 0 Å². The fraction of sp³-hybridized carbons (Fsp3) is 0.500. The number of hydrogen-bond donors (Lipinski definition) is 1. The number of halogens is 1. The Morgan fingerprint density at radius 3 is 3.12 bits per heavy atom. The van der Waals surface area contributed by atoms with Gasteiger partial charge in [0, 0.05) is 19.8 Å². The van der Waals surface area contributed by atoms with Gasteiger partial charge >= 0.3 is 0 Å². The Morgan fingerprint density at radius 2 is 2.41 bits per heavy atom. The SMILES string of the molecule is CNC(=O)C1CCCCN1c1ncccc1Br. The first kappa shape index (κ1) is 12.4. The van der Waals surface area contributed by atoms with Crippen LogP contribution in [0.3, 0.4) is 0 Å². The molecule has 0 radical (unpaired) electrons. The van der Waals surface area contributed by atoms with E-state index in [2.05, 4.69) is 31.1 Å². The number of carbonyl (C=O) groups is 1. The predicted molar refractivity (Wildman–Crippen MR) is 71.0 cm³/mol. The lowest BCUT2D eigenvalue weighted by molar-refractivity contribution is -0.122. The van der Waals surface area contributed by atoms with Crippen LogP contribution in [0.1, 0.15) is 19.3 Å². The first-order valence-corrected chi connectivity index (χ1v) is 6.62. The molecule has 1 N–H and O–H groups in total. The zero-order valence-electron chi connectivity index (χ0n) is 9.82. The van der Waals surface area contributed by atoms with Crippen molar-refractivity contribution in [2.45, 2.75) is 25.3 Å². The van der Waals surface area contributed by atoms with Crippen LogP contribution in [0.25, 0.3) is 0 Å². The van der Waals surface area contributed by atoms with Crippen LogP contribution in [0.15, 0.2) is 22.8 Å². The molecule has 2 heterocycles. The second-order valence-electron chi connectivity index (χ2n) is 4.13. The number of hydrogen-bond acceptors (Lipinski definition) is 3. The molecule has 1 aliphatic heterocycles. The largest absolute Gasteiger partial charge is 0.357 e. The van der Waals surface area contributed by atoms with Gasteiger partial charge in [0.05, 0.1) is 4.47 Å². The Hall–Kier alpha value is -1.10. The van der Waals surface area contributed by atoms with E-state index in [4.69, 9.17) is 0 Å². The van der Waals surface area contributed by atoms with Crippen molar-refractivity contribution < 1.29 is 4.79 Å². The van der Waals surface area contributed by atoms with Gasteiger partial charge in [-0.25, -0.2) is 4.98 Å². The molecule has 92 valence electrons. The number of carbonyl (C=O) groups excluding carboxylic acids is 1. The standard InChI is InChI=1S/C12H16BrN3O/c1-14-12(17)10-6-2-3-8-16(10)11-9(13)5-4-7-15-11/h4-5,7,10H,2-3,6,8H2,1H3,(H,14,17). The molecule has 0 spiro atoms. The van der Waals surface area contributed by atoms with E-state index >= 15 is 0 Å². The van der Waals surface area contributed by atoms with Gasteiger partial charge in [0.2, 0.25) is 5.91 Å². The van der Waals surface area contributed by atoms with E-state index in [1.165, 1.54) is 0 Å². The van der Waals surface area contributed by atoms with Gasteiger partial charge < -0.3 is 10.2 Å². The smallest absolute Gasteiger partial charge is 0.242 e. The van der Waals surface area contributed by atoms with Crippen molar-refractivity contribution in [1.82, 2.24) is 10.3 Å². The summed E-state index contributed by atoms with van der Waals surface area (Å²) in [6.45, 7) is 0.883. The second-order valence-corrected chi connectivity index (χ2v) is 4.98. The molecule has 5 heteroatoms. The normalized spacial score (nSPS) is 20.1. The van der Waals surface area contributed by atoms with Gasteiger partial charge in [-0.3, -0.25) is 4.79 Å². The minimum atomic E-state index is -0.0973. The maximum atomic E-state index is 11.9. The first-order valence-electron chi connectivity index (χ1n) is 5.83. The molecule has 1 atom stereocenters. The molecular formula is C12H16BrN3O. The van der Waals surface area contributed by atoms with E-state index in [0.717, 1.165) is 36.1 Å². The van der Waals surface area contributed by atoms with Gasteiger partial charge in [-0.2, -0.15) is 0 Å². The van der Waals surface area contributed by atoms with E-state index < -0.39 is 0 Å². The van der Waals surface area contributed by atoms with Gasteiger partial charge in [0.15, 0.2) is 0 Å². The van der Waals surface area contributed by atoms with Crippen molar-refractivity contribution in [1.29, 1.82) is 0 Å². The van der Waals surface area contributed by atoms with Gasteiger partial charge in [0.25, 0.3) is 0 Å². The molecule has 1 aromatic rings. The number of anilines is 1. The minimum absolute atomic E-state index is 0.0715. The third-order valence-corrected chi connectivity index (χ3v) is 3.68. The summed E-state index contributed by atoms with van der Waals surface area (Å²) in [5, 5.41) is 2.73. The third-order valence-electron chi connectivity index (χ3n) is 3.06. The summed E-state index contributed by atoms with van der Waals surface area (Å²) < 4.78 is 0.941. The lowest BCUT2D eigenvalue weighted by Gasteiger charge is -2.35. The predicted octanol–water partition coefficient (Wildman–Crippen LogP) is 1.95. The number of rotatable bonds is 2. The number of likely N-dealkylation sites (N-methyl/N-ethyl adjacent to an activating group) is 1. The van der Waals surface area contributed by atoms with E-state index in [1.54, 1.807) is 13.2 Å². The minimum Gasteiger partial charge on any atom is -0.357 e. The zero-order chi connectivity index (χ0) is 12.3. The van der Waals surface area contributed by atoms with Crippen molar-refractivity contribution in [2.75, 3.05) is 18.5 Å². The summed E-state index contributed by atoms with van der Waals surface area (Å²) in [5.41, 5.74) is 0. The van der Waals surface area contributed by atoms with E-state index in [-0.39, 0.29) is 11.9 Å². The average molecular weight is 298 g/mol. The van der Waals surface area contributed by atoms with Crippen molar-refractivity contribution >= 4 is 27.7 Å². The fourth-order valence-electron chi connectivity index (χ4n) is 2.21. The highest BCUT2D eigenvalue weighted by atomic mass is 79.9. The van der Waals surface area contributed by atoms with Crippen LogP contribution in [0.2, 0.25) is 0 Å². The molecule has 0 aliphatic carbocycles. The zero-order valence-corrected chi connectivity index (χ0v) is 11.4. The van der Waals surface area contributed by atoms with Crippen LogP contribution < -0.4 is 10.2 Å². The average Bonchev–Trinajstić information content (AvgIpc) is 2.38. The number of nitrogens with one attached hydrogen (secondary N) is 1. The summed E-state index contributed by atoms with van der Waals surface area (Å²) in [6, 6.07) is 3.74. The molecule has 0 bridgehead atoms. The topological polar surface area (TPSA) is 45.2 Å². The second kappa shape index (κ2) is 5.49. The van der Waals surface area contributed by atoms with Gasteiger partial charge in [-0.05, 0) is 47.3 Å². The van der Waals surface area contributed by atoms with Crippen LogP contribution >= 0.6 is 15.9 Å². The molecule has 4 nitrogen and oxygen atoms in total. The number of piperidine rings is 1. The highest BCUT2D eigenvalue weighted by Gasteiger charge is 2.29. The molecular weight excluding hydrogens is 282 g/mol.